The Morgan fingerprint density at radius 2 is 0.430 bits per heavy atom. The fraction of sp³-hybridized carbons (Fsp3) is 0. The van der Waals surface area contributed by atoms with Crippen molar-refractivity contribution in [3.8, 4) is 136 Å². The van der Waals surface area contributed by atoms with E-state index in [1.807, 2.05) is 140 Å². The van der Waals surface area contributed by atoms with E-state index in [9.17, 15) is 0 Å². The van der Waals surface area contributed by atoms with Crippen molar-refractivity contribution in [2.75, 3.05) is 0 Å². The number of fused-ring (bicyclic) bond motifs is 17. The molecule has 0 N–H and O–H groups in total. The Labute approximate surface area is 774 Å². The summed E-state index contributed by atoms with van der Waals surface area (Å²) in [6.45, 7) is 0. The summed E-state index contributed by atoms with van der Waals surface area (Å²) in [7, 11) is 0. The number of rotatable bonds is 12. The van der Waals surface area contributed by atoms with Gasteiger partial charge in [-0.25, -0.2) is 44.9 Å². The van der Waals surface area contributed by atoms with Gasteiger partial charge < -0.3 is 13.3 Å². The smallest absolute Gasteiger partial charge is 0.168 e. The van der Waals surface area contributed by atoms with Crippen molar-refractivity contribution in [1.29, 1.82) is 0 Å². The maximum Gasteiger partial charge on any atom is 0.168 e. The molecule has 21 aromatic carbocycles. The Morgan fingerprint density at radius 1 is 0.133 bits per heavy atom. The van der Waals surface area contributed by atoms with Crippen LogP contribution in [-0.2, 0) is 0 Å². The summed E-state index contributed by atoms with van der Waals surface area (Å²) in [5.74, 6) is 5.47. The first-order chi connectivity index (χ1) is 66.8. The molecule has 0 radical (unpaired) electrons. The highest BCUT2D eigenvalue weighted by atomic mass is 16.3. The first-order valence-electron chi connectivity index (χ1n) is 45.1. The van der Waals surface area contributed by atoms with Crippen molar-refractivity contribution in [2.45, 2.75) is 0 Å². The second-order valence-corrected chi connectivity index (χ2v) is 33.8. The number of benzene rings is 21. The van der Waals surface area contributed by atoms with Crippen LogP contribution in [0.4, 0.5) is 0 Å². The van der Waals surface area contributed by atoms with Gasteiger partial charge in [0.25, 0.3) is 0 Å². The van der Waals surface area contributed by atoms with Gasteiger partial charge in [-0.05, 0) is 153 Å². The quantitative estimate of drug-likeness (QED) is 0.114. The van der Waals surface area contributed by atoms with E-state index in [1.54, 1.807) is 0 Å². The highest BCUT2D eigenvalue weighted by molar-refractivity contribution is 6.24. The van der Waals surface area contributed by atoms with E-state index in [-0.39, 0.29) is 0 Å². The standard InChI is InChI=1S/3C41H25N3O/c1-2-11-28(12-3-1)39-42-40(29-21-18-27(19-22-29)31-23-20-26-10-4-5-13-30(26)24-31)44-41(43-39)35-25-37-38(33-15-7-6-14-32(33)35)34-16-8-9-17-36(34)45-37;1-2-11-28(12-3-1)39-42-40(29-21-18-27(19-22-29)31-23-20-26-10-4-5-13-30(26)24-31)44-41(43-39)35-25-32-14-6-7-15-33(32)37-34-16-8-9-17-36(34)45-38(35)37;1-2-11-28(12-3-1)39-42-40(29-21-18-27(19-22-29)31-23-20-26-10-4-5-13-30(26)24-31)44-41(43-39)37-33-15-7-6-14-32(33)25-35-34-16-8-9-17-36(34)45-38(35)37/h3*1-25H. The molecule has 27 aromatic rings. The van der Waals surface area contributed by atoms with Gasteiger partial charge in [0, 0.05) is 71.3 Å². The second kappa shape index (κ2) is 33.6. The fourth-order valence-electron chi connectivity index (χ4n) is 18.8. The van der Waals surface area contributed by atoms with Crippen LogP contribution in [0.5, 0.6) is 0 Å². The van der Waals surface area contributed by atoms with E-state index in [4.69, 9.17) is 58.1 Å². The SMILES string of the molecule is c1ccc(-c2nc(-c3ccc(-c4ccc5ccccc5c4)cc3)nc(-c3c4ccccc4cc4c3oc3ccccc34)n2)cc1.c1ccc(-c2nc(-c3ccc(-c4ccc5ccccc5c4)cc3)nc(-c3cc4ccccc4c4c3oc3ccccc34)n2)cc1.c1ccc(-c2nc(-c3ccc(-c4ccc5ccccc5c4)cc3)nc(-c3cc4oc5ccccc5c4c4ccccc34)n2)cc1. The predicted octanol–water partition coefficient (Wildman–Crippen LogP) is 32.2. The van der Waals surface area contributed by atoms with Gasteiger partial charge in [-0.3, -0.25) is 0 Å². The lowest BCUT2D eigenvalue weighted by Crippen LogP contribution is -2.01. The third-order valence-electron chi connectivity index (χ3n) is 25.5. The molecule has 12 heteroatoms. The second-order valence-electron chi connectivity index (χ2n) is 33.8. The first-order valence-corrected chi connectivity index (χ1v) is 45.1. The predicted molar refractivity (Wildman–Crippen MR) is 552 cm³/mol. The molecule has 0 aliphatic heterocycles. The van der Waals surface area contributed by atoms with Crippen molar-refractivity contribution in [3.05, 3.63) is 455 Å². The molecule has 630 valence electrons. The van der Waals surface area contributed by atoms with Gasteiger partial charge in [0.05, 0.1) is 11.1 Å². The molecule has 0 unspecified atom stereocenters. The van der Waals surface area contributed by atoms with E-state index in [1.165, 1.54) is 49.0 Å². The molecule has 0 amide bonds. The summed E-state index contributed by atoms with van der Waals surface area (Å²) in [6.07, 6.45) is 0. The van der Waals surface area contributed by atoms with Crippen LogP contribution in [0.15, 0.2) is 468 Å². The van der Waals surface area contributed by atoms with Gasteiger partial charge in [-0.2, -0.15) is 0 Å². The van der Waals surface area contributed by atoms with Gasteiger partial charge >= 0.3 is 0 Å². The maximum atomic E-state index is 6.53. The van der Waals surface area contributed by atoms with Crippen LogP contribution in [-0.4, -0.2) is 44.9 Å². The van der Waals surface area contributed by atoms with Crippen molar-refractivity contribution in [3.63, 3.8) is 0 Å². The fourth-order valence-corrected chi connectivity index (χ4v) is 18.8. The molecule has 135 heavy (non-hydrogen) atoms. The molecule has 0 atom stereocenters. The average molecular weight is 1730 g/mol. The van der Waals surface area contributed by atoms with Gasteiger partial charge in [-0.1, -0.05) is 400 Å². The topological polar surface area (TPSA) is 155 Å². The first kappa shape index (κ1) is 78.8. The Morgan fingerprint density at radius 3 is 0.881 bits per heavy atom. The van der Waals surface area contributed by atoms with Crippen LogP contribution in [0.1, 0.15) is 0 Å². The van der Waals surface area contributed by atoms with E-state index < -0.39 is 0 Å². The monoisotopic (exact) mass is 1730 g/mol. The normalized spacial score (nSPS) is 11.6. The average Bonchev–Trinajstić information content (AvgIpc) is 1.62. The Hall–Kier alpha value is -18.4. The van der Waals surface area contributed by atoms with Gasteiger partial charge in [0.15, 0.2) is 52.4 Å². The summed E-state index contributed by atoms with van der Waals surface area (Å²) in [6, 6.07) is 157. The lowest BCUT2D eigenvalue weighted by atomic mass is 9.98. The number of hydrogen-bond acceptors (Lipinski definition) is 12. The summed E-state index contributed by atoms with van der Waals surface area (Å²) < 4.78 is 19.4. The summed E-state index contributed by atoms with van der Waals surface area (Å²) >= 11 is 0. The molecule has 0 bridgehead atoms. The zero-order valence-corrected chi connectivity index (χ0v) is 72.6. The molecule has 0 aliphatic rings. The zero-order chi connectivity index (χ0) is 89.2. The minimum absolute atomic E-state index is 0.576. The summed E-state index contributed by atoms with van der Waals surface area (Å²) in [4.78, 5) is 45.4. The van der Waals surface area contributed by atoms with Gasteiger partial charge in [-0.15, -0.1) is 0 Å². The lowest BCUT2D eigenvalue weighted by molar-refractivity contribution is 0.669. The molecule has 0 aliphatic carbocycles. The highest BCUT2D eigenvalue weighted by Gasteiger charge is 2.26. The molecule has 27 rings (SSSR count). The summed E-state index contributed by atoms with van der Waals surface area (Å²) in [5.41, 5.74) is 20.0. The molecule has 6 aromatic heterocycles. The molecule has 0 saturated heterocycles. The van der Waals surface area contributed by atoms with E-state index in [2.05, 4.69) is 315 Å². The third kappa shape index (κ3) is 14.8. The van der Waals surface area contributed by atoms with Crippen LogP contribution in [0, 0.1) is 0 Å². The zero-order valence-electron chi connectivity index (χ0n) is 72.6. The van der Waals surface area contributed by atoms with Crippen molar-refractivity contribution < 1.29 is 13.3 Å². The minimum atomic E-state index is 0.576. The third-order valence-corrected chi connectivity index (χ3v) is 25.5. The van der Waals surface area contributed by atoms with Gasteiger partial charge in [0.1, 0.15) is 33.5 Å². The van der Waals surface area contributed by atoms with Crippen LogP contribution in [0.2, 0.25) is 0 Å². The number of aromatic nitrogens is 9. The Kier molecular flexibility index (Phi) is 19.6. The van der Waals surface area contributed by atoms with Crippen LogP contribution in [0.25, 0.3) is 266 Å². The Balaban J connectivity index is 0.000000108. The highest BCUT2D eigenvalue weighted by Crippen LogP contribution is 2.46. The number of furan rings is 3. The lowest BCUT2D eigenvalue weighted by Gasteiger charge is -2.11. The van der Waals surface area contributed by atoms with E-state index in [0.29, 0.717) is 52.4 Å². The molecule has 6 heterocycles. The van der Waals surface area contributed by atoms with E-state index in [0.717, 1.165) is 165 Å². The van der Waals surface area contributed by atoms with Crippen molar-refractivity contribution in [2.24, 2.45) is 0 Å². The molecule has 0 spiro atoms. The van der Waals surface area contributed by atoms with Crippen LogP contribution < -0.4 is 0 Å². The molecule has 12 nitrogen and oxygen atoms in total. The molecular weight excluding hydrogens is 1650 g/mol. The van der Waals surface area contributed by atoms with Crippen LogP contribution >= 0.6 is 0 Å². The van der Waals surface area contributed by atoms with Crippen LogP contribution in [0.3, 0.4) is 0 Å². The molecule has 0 fully saturated rings. The summed E-state index contributed by atoms with van der Waals surface area (Å²) in [5, 5.41) is 20.4. The number of para-hydroxylation sites is 3. The largest absolute Gasteiger partial charge is 0.456 e. The minimum Gasteiger partial charge on any atom is -0.456 e. The Bertz CT molecular complexity index is 9300. The number of hydrogen-bond donors (Lipinski definition) is 0. The van der Waals surface area contributed by atoms with Crippen molar-refractivity contribution >= 4 is 130 Å². The van der Waals surface area contributed by atoms with E-state index >= 15 is 0 Å². The number of nitrogens with zero attached hydrogens (tertiary/aromatic N) is 9. The van der Waals surface area contributed by atoms with Crippen molar-refractivity contribution in [1.82, 2.24) is 44.9 Å². The maximum absolute atomic E-state index is 6.53. The molecule has 0 saturated carbocycles. The molecular formula is C123H75N9O3. The van der Waals surface area contributed by atoms with Gasteiger partial charge in [0.2, 0.25) is 0 Å².